The number of aryl methyl sites for hydroxylation is 2. The molecule has 0 saturated carbocycles. The van der Waals surface area contributed by atoms with Crippen LogP contribution in [0.15, 0.2) is 12.1 Å². The van der Waals surface area contributed by atoms with Gasteiger partial charge in [-0.3, -0.25) is 4.79 Å². The summed E-state index contributed by atoms with van der Waals surface area (Å²) in [5.74, 6) is 1.13. The second kappa shape index (κ2) is 6.94. The van der Waals surface area contributed by atoms with Crippen LogP contribution in [-0.4, -0.2) is 37.6 Å². The first kappa shape index (κ1) is 15.8. The summed E-state index contributed by atoms with van der Waals surface area (Å²) in [7, 11) is 3.58. The molecule has 21 heavy (non-hydrogen) atoms. The van der Waals surface area contributed by atoms with Crippen LogP contribution in [0.4, 0.5) is 0 Å². The third-order valence-electron chi connectivity index (χ3n) is 4.13. The van der Waals surface area contributed by atoms with Crippen molar-refractivity contribution in [1.29, 1.82) is 0 Å². The maximum atomic E-state index is 12.4. The number of carbonyl (C=O) groups excluding carboxylic acids is 1. The molecule has 1 aromatic rings. The van der Waals surface area contributed by atoms with Crippen LogP contribution in [0.5, 0.6) is 5.75 Å². The Kier molecular flexibility index (Phi) is 5.23. The highest BCUT2D eigenvalue weighted by Crippen LogP contribution is 2.25. The van der Waals surface area contributed by atoms with Crippen molar-refractivity contribution in [1.82, 2.24) is 10.2 Å². The second-order valence-corrected chi connectivity index (χ2v) is 5.96. The van der Waals surface area contributed by atoms with Crippen molar-refractivity contribution in [2.75, 3.05) is 20.7 Å². The topological polar surface area (TPSA) is 41.6 Å². The minimum Gasteiger partial charge on any atom is -0.496 e. The molecule has 1 heterocycles. The van der Waals surface area contributed by atoms with Gasteiger partial charge >= 0.3 is 0 Å². The largest absolute Gasteiger partial charge is 0.496 e. The van der Waals surface area contributed by atoms with Crippen molar-refractivity contribution in [2.45, 2.75) is 45.7 Å². The molecule has 0 spiro atoms. The Morgan fingerprint density at radius 2 is 2.00 bits per heavy atom. The molecular formula is C17H26N2O2. The van der Waals surface area contributed by atoms with Gasteiger partial charge in [-0.25, -0.2) is 0 Å². The fraction of sp³-hybridized carbons (Fsp3) is 0.588. The molecule has 1 aliphatic rings. The number of hydrogen-bond donors (Lipinski definition) is 1. The molecule has 1 amide bonds. The molecule has 0 radical (unpaired) electrons. The van der Waals surface area contributed by atoms with Crippen molar-refractivity contribution in [3.05, 3.63) is 28.8 Å². The number of amides is 1. The number of methoxy groups -OCH3 is 1. The van der Waals surface area contributed by atoms with E-state index in [0.717, 1.165) is 41.8 Å². The zero-order valence-corrected chi connectivity index (χ0v) is 13.5. The molecule has 1 aliphatic heterocycles. The highest BCUT2D eigenvalue weighted by atomic mass is 16.5. The summed E-state index contributed by atoms with van der Waals surface area (Å²) in [5.41, 5.74) is 3.38. The Balaban J connectivity index is 2.05. The van der Waals surface area contributed by atoms with E-state index in [-0.39, 0.29) is 11.9 Å². The first-order valence-corrected chi connectivity index (χ1v) is 7.65. The summed E-state index contributed by atoms with van der Waals surface area (Å²) in [5, 5.41) is 3.32. The van der Waals surface area contributed by atoms with Gasteiger partial charge in [0.25, 0.3) is 0 Å². The minimum absolute atomic E-state index is 0.0100. The summed E-state index contributed by atoms with van der Waals surface area (Å²) in [6.07, 6.45) is 3.26. The summed E-state index contributed by atoms with van der Waals surface area (Å²) >= 11 is 0. The first-order valence-electron chi connectivity index (χ1n) is 7.65. The average Bonchev–Trinajstić information content (AvgIpc) is 2.47. The maximum absolute atomic E-state index is 12.4. The van der Waals surface area contributed by atoms with E-state index in [1.54, 1.807) is 7.11 Å². The number of nitrogens with zero attached hydrogens (tertiary/aromatic N) is 1. The van der Waals surface area contributed by atoms with Gasteiger partial charge in [-0.05, 0) is 49.9 Å². The lowest BCUT2D eigenvalue weighted by molar-refractivity contribution is -0.133. The van der Waals surface area contributed by atoms with E-state index >= 15 is 0 Å². The Morgan fingerprint density at radius 1 is 1.33 bits per heavy atom. The second-order valence-electron chi connectivity index (χ2n) is 5.96. The standard InChI is InChI=1S/C17H26N2O2/c1-12-9-14(10-13(2)16(12)21-4)11-19(3)17(20)15-7-5-6-8-18-15/h9-10,15,18H,5-8,11H2,1-4H3. The van der Waals surface area contributed by atoms with Gasteiger partial charge in [-0.2, -0.15) is 0 Å². The van der Waals surface area contributed by atoms with Crippen molar-refractivity contribution >= 4 is 5.91 Å². The SMILES string of the molecule is COc1c(C)cc(CN(C)C(=O)C2CCCCN2)cc1C. The normalized spacial score (nSPS) is 18.4. The number of nitrogens with one attached hydrogen (secondary N) is 1. The van der Waals surface area contributed by atoms with Gasteiger partial charge in [-0.15, -0.1) is 0 Å². The number of piperidine rings is 1. The molecule has 116 valence electrons. The van der Waals surface area contributed by atoms with Crippen LogP contribution >= 0.6 is 0 Å². The highest BCUT2D eigenvalue weighted by Gasteiger charge is 2.23. The minimum atomic E-state index is -0.0100. The fourth-order valence-corrected chi connectivity index (χ4v) is 3.13. The van der Waals surface area contributed by atoms with Crippen LogP contribution in [0, 0.1) is 13.8 Å². The molecule has 0 bridgehead atoms. The van der Waals surface area contributed by atoms with E-state index in [9.17, 15) is 4.79 Å². The quantitative estimate of drug-likeness (QED) is 0.926. The van der Waals surface area contributed by atoms with Gasteiger partial charge in [-0.1, -0.05) is 18.6 Å². The van der Waals surface area contributed by atoms with Crippen LogP contribution < -0.4 is 10.1 Å². The lowest BCUT2D eigenvalue weighted by Crippen LogP contribution is -2.47. The number of rotatable bonds is 4. The highest BCUT2D eigenvalue weighted by molar-refractivity contribution is 5.81. The van der Waals surface area contributed by atoms with Gasteiger partial charge in [0.2, 0.25) is 5.91 Å². The van der Waals surface area contributed by atoms with Gasteiger partial charge in [0.05, 0.1) is 13.2 Å². The van der Waals surface area contributed by atoms with E-state index in [1.807, 2.05) is 25.8 Å². The number of likely N-dealkylation sites (N-methyl/N-ethyl adjacent to an activating group) is 1. The maximum Gasteiger partial charge on any atom is 0.239 e. The van der Waals surface area contributed by atoms with E-state index in [4.69, 9.17) is 4.74 Å². The molecule has 1 saturated heterocycles. The van der Waals surface area contributed by atoms with Crippen LogP contribution in [0.1, 0.15) is 36.0 Å². The number of benzene rings is 1. The molecule has 1 aromatic carbocycles. The summed E-state index contributed by atoms with van der Waals surface area (Å²) < 4.78 is 5.39. The van der Waals surface area contributed by atoms with E-state index in [1.165, 1.54) is 6.42 Å². The van der Waals surface area contributed by atoms with Crippen molar-refractivity contribution in [2.24, 2.45) is 0 Å². The van der Waals surface area contributed by atoms with E-state index in [2.05, 4.69) is 17.4 Å². The zero-order chi connectivity index (χ0) is 15.4. The van der Waals surface area contributed by atoms with Gasteiger partial charge in [0.15, 0.2) is 0 Å². The third-order valence-corrected chi connectivity index (χ3v) is 4.13. The molecule has 1 N–H and O–H groups in total. The predicted octanol–water partition coefficient (Wildman–Crippen LogP) is 2.41. The van der Waals surface area contributed by atoms with Crippen molar-refractivity contribution in [3.8, 4) is 5.75 Å². The van der Waals surface area contributed by atoms with Crippen molar-refractivity contribution in [3.63, 3.8) is 0 Å². The molecule has 1 fully saturated rings. The zero-order valence-electron chi connectivity index (χ0n) is 13.5. The number of carbonyl (C=O) groups is 1. The van der Waals surface area contributed by atoms with Gasteiger partial charge < -0.3 is 15.0 Å². The Labute approximate surface area is 127 Å². The average molecular weight is 290 g/mol. The fourth-order valence-electron chi connectivity index (χ4n) is 3.13. The summed E-state index contributed by atoms with van der Waals surface area (Å²) in [6.45, 7) is 5.67. The van der Waals surface area contributed by atoms with Crippen LogP contribution in [-0.2, 0) is 11.3 Å². The molecule has 4 heteroatoms. The Bertz CT molecular complexity index is 485. The summed E-state index contributed by atoms with van der Waals surface area (Å²) in [6, 6.07) is 4.19. The molecular weight excluding hydrogens is 264 g/mol. The molecule has 2 rings (SSSR count). The Hall–Kier alpha value is -1.55. The van der Waals surface area contributed by atoms with Gasteiger partial charge in [0, 0.05) is 13.6 Å². The van der Waals surface area contributed by atoms with Crippen LogP contribution in [0.25, 0.3) is 0 Å². The predicted molar refractivity (Wildman–Crippen MR) is 84.6 cm³/mol. The van der Waals surface area contributed by atoms with Crippen LogP contribution in [0.2, 0.25) is 0 Å². The summed E-state index contributed by atoms with van der Waals surface area (Å²) in [4.78, 5) is 14.3. The molecule has 0 aromatic heterocycles. The third kappa shape index (κ3) is 3.76. The van der Waals surface area contributed by atoms with Crippen molar-refractivity contribution < 1.29 is 9.53 Å². The number of ether oxygens (including phenoxy) is 1. The Morgan fingerprint density at radius 3 is 2.52 bits per heavy atom. The van der Waals surface area contributed by atoms with Gasteiger partial charge in [0.1, 0.15) is 5.75 Å². The van der Waals surface area contributed by atoms with E-state index in [0.29, 0.717) is 6.54 Å². The molecule has 4 nitrogen and oxygen atoms in total. The lowest BCUT2D eigenvalue weighted by Gasteiger charge is -2.27. The lowest BCUT2D eigenvalue weighted by atomic mass is 10.0. The first-order chi connectivity index (χ1) is 10.0. The molecule has 1 unspecified atom stereocenters. The molecule has 1 atom stereocenters. The van der Waals surface area contributed by atoms with E-state index < -0.39 is 0 Å². The molecule has 0 aliphatic carbocycles. The smallest absolute Gasteiger partial charge is 0.239 e. The van der Waals surface area contributed by atoms with Crippen LogP contribution in [0.3, 0.4) is 0 Å². The number of hydrogen-bond acceptors (Lipinski definition) is 3. The monoisotopic (exact) mass is 290 g/mol.